The number of aryl methyl sites for hydroxylation is 1. The molecule has 35 heavy (non-hydrogen) atoms. The van der Waals surface area contributed by atoms with Gasteiger partial charge in [-0.3, -0.25) is 4.79 Å². The second kappa shape index (κ2) is 9.55. The van der Waals surface area contributed by atoms with Gasteiger partial charge in [-0.1, -0.05) is 38.1 Å². The molecule has 0 N–H and O–H groups in total. The summed E-state index contributed by atoms with van der Waals surface area (Å²) in [5.41, 5.74) is 3.58. The molecule has 1 fully saturated rings. The average molecular weight is 495 g/mol. The minimum atomic E-state index is -1.33. The van der Waals surface area contributed by atoms with E-state index in [4.69, 9.17) is 4.42 Å². The normalized spacial score (nSPS) is 17.9. The Hall–Kier alpha value is -2.44. The van der Waals surface area contributed by atoms with E-state index in [1.165, 1.54) is 0 Å². The summed E-state index contributed by atoms with van der Waals surface area (Å²) in [5, 5.41) is 0.572. The third-order valence-electron chi connectivity index (χ3n) is 6.93. The van der Waals surface area contributed by atoms with Crippen molar-refractivity contribution in [3.63, 3.8) is 0 Å². The number of piperidine rings is 1. The highest BCUT2D eigenvalue weighted by Gasteiger charge is 2.38. The van der Waals surface area contributed by atoms with Crippen LogP contribution in [-0.2, 0) is 11.4 Å². The molecule has 1 saturated heterocycles. The Kier molecular flexibility index (Phi) is 7.00. The molecule has 0 amide bonds. The maximum absolute atomic E-state index is 13.8. The average Bonchev–Trinajstić information content (AvgIpc) is 2.79. The van der Waals surface area contributed by atoms with E-state index in [0.29, 0.717) is 22.3 Å². The summed E-state index contributed by atoms with van der Waals surface area (Å²) in [6.45, 7) is 16.3. The number of anilines is 2. The van der Waals surface area contributed by atoms with E-state index in [0.717, 1.165) is 42.7 Å². The quantitative estimate of drug-likeness (QED) is 0.367. The Morgan fingerprint density at radius 1 is 1.09 bits per heavy atom. The van der Waals surface area contributed by atoms with Crippen LogP contribution in [0.25, 0.3) is 11.0 Å². The Labute approximate surface area is 212 Å². The van der Waals surface area contributed by atoms with Crippen molar-refractivity contribution >= 4 is 33.9 Å². The minimum absolute atomic E-state index is 0.0357. The molecule has 0 radical (unpaired) electrons. The van der Waals surface area contributed by atoms with Crippen molar-refractivity contribution in [1.29, 1.82) is 0 Å². The number of para-hydroxylation sites is 1. The topological polar surface area (TPSA) is 59.8 Å². The highest BCUT2D eigenvalue weighted by molar-refractivity contribution is 7.94. The van der Waals surface area contributed by atoms with Gasteiger partial charge in [0, 0.05) is 24.7 Å². The van der Waals surface area contributed by atoms with Gasteiger partial charge in [-0.15, -0.1) is 0 Å². The second-order valence-corrected chi connectivity index (χ2v) is 13.6. The standard InChI is InChI=1S/C29H38N2O3S/c1-20-17-23(21(2)31(35(33)28(3,4)5)22-11-9-8-10-12-22)27-24(18-20)25(32)19-26(34-27)30-15-13-29(6,7)14-16-30/h8-12,17-19,21H,13-16H2,1-7H3/t21-,35?/m1/s1. The number of hydrogen-bond acceptors (Lipinski definition) is 5. The third kappa shape index (κ3) is 5.39. The van der Waals surface area contributed by atoms with Crippen molar-refractivity contribution in [2.45, 2.75) is 72.1 Å². The van der Waals surface area contributed by atoms with E-state index in [9.17, 15) is 9.35 Å². The third-order valence-corrected chi connectivity index (χ3v) is 8.86. The molecule has 3 aromatic rings. The molecule has 188 valence electrons. The van der Waals surface area contributed by atoms with Crippen LogP contribution in [0.3, 0.4) is 0 Å². The second-order valence-electron chi connectivity index (χ2n) is 11.5. The van der Waals surface area contributed by atoms with Gasteiger partial charge in [-0.2, -0.15) is 4.31 Å². The van der Waals surface area contributed by atoms with Crippen LogP contribution in [0.5, 0.6) is 0 Å². The lowest BCUT2D eigenvalue weighted by atomic mass is 9.83. The zero-order chi connectivity index (χ0) is 25.5. The fraction of sp³-hybridized carbons (Fsp3) is 0.483. The minimum Gasteiger partial charge on any atom is -0.593 e. The molecule has 2 heterocycles. The van der Waals surface area contributed by atoms with Crippen molar-refractivity contribution in [2.24, 2.45) is 5.41 Å². The van der Waals surface area contributed by atoms with Crippen LogP contribution in [-0.4, -0.2) is 22.4 Å². The van der Waals surface area contributed by atoms with E-state index in [1.807, 2.05) is 75.3 Å². The van der Waals surface area contributed by atoms with Crippen LogP contribution >= 0.6 is 0 Å². The summed E-state index contributed by atoms with van der Waals surface area (Å²) < 4.78 is 21.8. The molecule has 0 saturated carbocycles. The maximum Gasteiger partial charge on any atom is 0.200 e. The molecule has 0 aliphatic carbocycles. The summed E-state index contributed by atoms with van der Waals surface area (Å²) in [6.07, 6.45) is 2.11. The fourth-order valence-corrected chi connectivity index (χ4v) is 5.98. The van der Waals surface area contributed by atoms with Gasteiger partial charge in [0.1, 0.15) is 16.4 Å². The van der Waals surface area contributed by atoms with E-state index in [-0.39, 0.29) is 11.5 Å². The summed E-state index contributed by atoms with van der Waals surface area (Å²) >= 11 is -1.33. The van der Waals surface area contributed by atoms with Gasteiger partial charge in [-0.25, -0.2) is 0 Å². The SMILES string of the molecule is Cc1cc([C@@H](C)N(c2ccccc2)[S+]([O-])C(C)(C)C)c2oc(N3CCC(C)(C)CC3)cc(=O)c2c1. The number of nitrogens with zero attached hydrogens (tertiary/aromatic N) is 2. The number of fused-ring (bicyclic) bond motifs is 1. The van der Waals surface area contributed by atoms with Crippen LogP contribution < -0.4 is 14.6 Å². The predicted molar refractivity (Wildman–Crippen MR) is 148 cm³/mol. The predicted octanol–water partition coefficient (Wildman–Crippen LogP) is 6.76. The van der Waals surface area contributed by atoms with Crippen molar-refractivity contribution < 1.29 is 8.97 Å². The molecule has 1 aliphatic heterocycles. The molecule has 1 aromatic heterocycles. The summed E-state index contributed by atoms with van der Waals surface area (Å²) in [6, 6.07) is 15.2. The van der Waals surface area contributed by atoms with E-state index in [1.54, 1.807) is 6.07 Å². The van der Waals surface area contributed by atoms with Crippen molar-refractivity contribution in [1.82, 2.24) is 0 Å². The first kappa shape index (κ1) is 25.6. The van der Waals surface area contributed by atoms with Gasteiger partial charge in [0.05, 0.1) is 22.4 Å². The number of benzene rings is 2. The Morgan fingerprint density at radius 2 is 1.71 bits per heavy atom. The Morgan fingerprint density at radius 3 is 2.31 bits per heavy atom. The first-order chi connectivity index (χ1) is 16.4. The summed E-state index contributed by atoms with van der Waals surface area (Å²) in [4.78, 5) is 15.5. The van der Waals surface area contributed by atoms with E-state index >= 15 is 0 Å². The lowest BCUT2D eigenvalue weighted by Crippen LogP contribution is -2.44. The largest absolute Gasteiger partial charge is 0.593 e. The van der Waals surface area contributed by atoms with E-state index in [2.05, 4.69) is 24.8 Å². The van der Waals surface area contributed by atoms with Crippen LogP contribution in [0, 0.1) is 12.3 Å². The van der Waals surface area contributed by atoms with Crippen LogP contribution in [0.2, 0.25) is 0 Å². The molecule has 5 nitrogen and oxygen atoms in total. The highest BCUT2D eigenvalue weighted by Crippen LogP contribution is 2.39. The molecular weight excluding hydrogens is 456 g/mol. The zero-order valence-corrected chi connectivity index (χ0v) is 22.9. The summed E-state index contributed by atoms with van der Waals surface area (Å²) in [7, 11) is 0. The molecular formula is C29H38N2O3S. The van der Waals surface area contributed by atoms with Gasteiger partial charge in [0.2, 0.25) is 0 Å². The first-order valence-corrected chi connectivity index (χ1v) is 13.6. The maximum atomic E-state index is 13.8. The Balaban J connectivity index is 1.85. The smallest absolute Gasteiger partial charge is 0.200 e. The molecule has 1 aliphatic rings. The van der Waals surface area contributed by atoms with Gasteiger partial charge in [-0.05, 0) is 76.6 Å². The monoisotopic (exact) mass is 494 g/mol. The van der Waals surface area contributed by atoms with Crippen LogP contribution in [0.4, 0.5) is 11.6 Å². The number of hydrogen-bond donors (Lipinski definition) is 0. The van der Waals surface area contributed by atoms with Gasteiger partial charge in [0.25, 0.3) is 0 Å². The molecule has 2 atom stereocenters. The molecule has 4 rings (SSSR count). The van der Waals surface area contributed by atoms with Crippen LogP contribution in [0.15, 0.2) is 57.7 Å². The van der Waals surface area contributed by atoms with Crippen LogP contribution in [0.1, 0.15) is 71.6 Å². The Bertz CT molecular complexity index is 1240. The molecule has 0 spiro atoms. The fourth-order valence-electron chi connectivity index (χ4n) is 4.68. The van der Waals surface area contributed by atoms with Crippen molar-refractivity contribution in [2.75, 3.05) is 22.3 Å². The van der Waals surface area contributed by atoms with Crippen molar-refractivity contribution in [3.8, 4) is 0 Å². The number of rotatable bonds is 5. The zero-order valence-electron chi connectivity index (χ0n) is 22.1. The summed E-state index contributed by atoms with van der Waals surface area (Å²) in [5.74, 6) is 0.624. The van der Waals surface area contributed by atoms with Gasteiger partial charge >= 0.3 is 0 Å². The van der Waals surface area contributed by atoms with E-state index < -0.39 is 16.1 Å². The lowest BCUT2D eigenvalue weighted by molar-refractivity contribution is 0.274. The molecule has 1 unspecified atom stereocenters. The van der Waals surface area contributed by atoms with Gasteiger partial charge < -0.3 is 13.9 Å². The lowest BCUT2D eigenvalue weighted by Gasteiger charge is -2.38. The molecule has 2 aromatic carbocycles. The van der Waals surface area contributed by atoms with Gasteiger partial charge in [0.15, 0.2) is 11.3 Å². The highest BCUT2D eigenvalue weighted by atomic mass is 32.2. The molecule has 6 heteroatoms. The first-order valence-electron chi connectivity index (χ1n) is 12.5. The van der Waals surface area contributed by atoms with Crippen molar-refractivity contribution in [3.05, 3.63) is 69.9 Å². The molecule has 0 bridgehead atoms.